The van der Waals surface area contributed by atoms with E-state index in [9.17, 15) is 43.2 Å². The molecule has 0 aliphatic rings. The molecule has 0 bridgehead atoms. The minimum Gasteiger partial charge on any atom is -0.481 e. The highest BCUT2D eigenvalue weighted by Crippen LogP contribution is 2.02. The maximum absolute atomic E-state index is 12.4. The van der Waals surface area contributed by atoms with E-state index in [1.807, 2.05) is 16.0 Å². The fourth-order valence-electron chi connectivity index (χ4n) is 2.84. The SMILES string of the molecule is NC(=O)CC[C@H](N)C(=O)N[C@@H](CC(=O)O)C(=O)NCC(=O)N[C@@H](CC(N)=O)C(=O)N[C@@H](CCC(=O)O)C(=O)O. The number of nitrogens with two attached hydrogens (primary N) is 3. The van der Waals surface area contributed by atoms with Crippen LogP contribution in [0.1, 0.15) is 38.5 Å². The van der Waals surface area contributed by atoms with Crippen molar-refractivity contribution in [2.45, 2.75) is 62.7 Å². The van der Waals surface area contributed by atoms with Crippen molar-refractivity contribution in [2.75, 3.05) is 6.54 Å². The Labute approximate surface area is 220 Å². The molecule has 0 saturated carbocycles. The van der Waals surface area contributed by atoms with Crippen molar-refractivity contribution in [3.05, 3.63) is 0 Å². The Balaban J connectivity index is 5.25. The van der Waals surface area contributed by atoms with Crippen LogP contribution in [0.4, 0.5) is 0 Å². The second-order valence-corrected chi connectivity index (χ2v) is 8.11. The van der Waals surface area contributed by atoms with Gasteiger partial charge in [-0.05, 0) is 12.8 Å². The smallest absolute Gasteiger partial charge is 0.326 e. The monoisotopic (exact) mass is 561 g/mol. The highest BCUT2D eigenvalue weighted by molar-refractivity contribution is 5.96. The Morgan fingerprint density at radius 2 is 1.18 bits per heavy atom. The number of rotatable bonds is 19. The van der Waals surface area contributed by atoms with Gasteiger partial charge in [0.15, 0.2) is 0 Å². The Morgan fingerprint density at radius 1 is 0.615 bits per heavy atom. The zero-order valence-electron chi connectivity index (χ0n) is 20.5. The van der Waals surface area contributed by atoms with E-state index in [-0.39, 0.29) is 12.8 Å². The van der Waals surface area contributed by atoms with E-state index in [1.54, 1.807) is 0 Å². The molecule has 0 heterocycles. The third kappa shape index (κ3) is 15.1. The van der Waals surface area contributed by atoms with Crippen LogP contribution in [0.15, 0.2) is 0 Å². The summed E-state index contributed by atoms with van der Waals surface area (Å²) in [6, 6.07) is -6.38. The Morgan fingerprint density at radius 3 is 1.67 bits per heavy atom. The molecule has 0 aromatic rings. The van der Waals surface area contributed by atoms with E-state index in [4.69, 9.17) is 32.5 Å². The highest BCUT2D eigenvalue weighted by Gasteiger charge is 2.30. The summed E-state index contributed by atoms with van der Waals surface area (Å²) in [5.41, 5.74) is 15.6. The summed E-state index contributed by atoms with van der Waals surface area (Å²) in [6.07, 6.45) is -3.27. The molecule has 218 valence electrons. The number of carbonyl (C=O) groups is 9. The van der Waals surface area contributed by atoms with E-state index in [0.29, 0.717) is 0 Å². The number of hydrogen-bond acceptors (Lipinski definition) is 10. The molecule has 0 radical (unpaired) electrons. The molecular formula is C20H31N7O12. The fourth-order valence-corrected chi connectivity index (χ4v) is 2.84. The zero-order valence-corrected chi connectivity index (χ0v) is 20.5. The van der Waals surface area contributed by atoms with Gasteiger partial charge in [-0.25, -0.2) is 4.79 Å². The Hall–Kier alpha value is -4.81. The summed E-state index contributed by atoms with van der Waals surface area (Å²) in [5.74, 6) is -10.6. The van der Waals surface area contributed by atoms with Crippen molar-refractivity contribution in [3.8, 4) is 0 Å². The molecule has 0 spiro atoms. The molecule has 0 aliphatic carbocycles. The van der Waals surface area contributed by atoms with Gasteiger partial charge in [-0.15, -0.1) is 0 Å². The number of amides is 6. The largest absolute Gasteiger partial charge is 0.481 e. The maximum Gasteiger partial charge on any atom is 0.326 e. The third-order valence-corrected chi connectivity index (χ3v) is 4.79. The summed E-state index contributed by atoms with van der Waals surface area (Å²) in [6.45, 7) is -0.886. The number of carbonyl (C=O) groups excluding carboxylic acids is 6. The van der Waals surface area contributed by atoms with Crippen molar-refractivity contribution >= 4 is 53.4 Å². The van der Waals surface area contributed by atoms with Crippen molar-refractivity contribution < 1.29 is 58.5 Å². The molecular weight excluding hydrogens is 530 g/mol. The topological polar surface area (TPSA) is 340 Å². The van der Waals surface area contributed by atoms with E-state index in [2.05, 4.69) is 5.32 Å². The quantitative estimate of drug-likeness (QED) is 0.0704. The Bertz CT molecular complexity index is 986. The van der Waals surface area contributed by atoms with Crippen molar-refractivity contribution in [2.24, 2.45) is 17.2 Å². The van der Waals surface area contributed by atoms with Crippen LogP contribution in [-0.4, -0.2) is 99.4 Å². The first-order chi connectivity index (χ1) is 18.0. The molecule has 0 rings (SSSR count). The van der Waals surface area contributed by atoms with Crippen LogP contribution in [0, 0.1) is 0 Å². The van der Waals surface area contributed by atoms with Gasteiger partial charge in [0, 0.05) is 12.8 Å². The number of nitrogens with one attached hydrogen (secondary N) is 4. The lowest BCUT2D eigenvalue weighted by Crippen LogP contribution is -2.56. The van der Waals surface area contributed by atoms with Crippen molar-refractivity contribution in [3.63, 3.8) is 0 Å². The van der Waals surface area contributed by atoms with Gasteiger partial charge in [-0.2, -0.15) is 0 Å². The van der Waals surface area contributed by atoms with Crippen LogP contribution in [0.5, 0.6) is 0 Å². The molecule has 0 unspecified atom stereocenters. The number of carboxylic acid groups (broad SMARTS) is 3. The summed E-state index contributed by atoms with van der Waals surface area (Å²) in [4.78, 5) is 104. The highest BCUT2D eigenvalue weighted by atomic mass is 16.4. The molecule has 0 aliphatic heterocycles. The summed E-state index contributed by atoms with van der Waals surface area (Å²) < 4.78 is 0. The van der Waals surface area contributed by atoms with E-state index < -0.39 is 110 Å². The summed E-state index contributed by atoms with van der Waals surface area (Å²) in [7, 11) is 0. The normalized spacial score (nSPS) is 13.5. The number of carboxylic acids is 3. The molecule has 39 heavy (non-hydrogen) atoms. The first-order valence-corrected chi connectivity index (χ1v) is 11.2. The molecule has 19 heteroatoms. The zero-order chi connectivity index (χ0) is 30.3. The second-order valence-electron chi connectivity index (χ2n) is 8.11. The number of hydrogen-bond donors (Lipinski definition) is 10. The fraction of sp³-hybridized carbons (Fsp3) is 0.550. The van der Waals surface area contributed by atoms with E-state index in [0.717, 1.165) is 0 Å². The maximum atomic E-state index is 12.4. The minimum absolute atomic E-state index is 0.187. The molecule has 0 saturated heterocycles. The van der Waals surface area contributed by atoms with Gasteiger partial charge in [0.05, 0.1) is 25.4 Å². The molecule has 0 fully saturated rings. The van der Waals surface area contributed by atoms with Crippen LogP contribution < -0.4 is 38.5 Å². The van der Waals surface area contributed by atoms with Gasteiger partial charge < -0.3 is 53.8 Å². The van der Waals surface area contributed by atoms with Gasteiger partial charge in [0.2, 0.25) is 35.4 Å². The van der Waals surface area contributed by atoms with Crippen LogP contribution in [0.2, 0.25) is 0 Å². The average Bonchev–Trinajstić information content (AvgIpc) is 2.81. The van der Waals surface area contributed by atoms with Crippen molar-refractivity contribution in [1.29, 1.82) is 0 Å². The molecule has 0 aromatic heterocycles. The Kier molecular flexibility index (Phi) is 14.8. The van der Waals surface area contributed by atoms with E-state index in [1.165, 1.54) is 0 Å². The molecule has 6 amide bonds. The molecule has 13 N–H and O–H groups in total. The number of primary amides is 2. The van der Waals surface area contributed by atoms with Crippen LogP contribution >= 0.6 is 0 Å². The molecule has 0 aromatic carbocycles. The first-order valence-electron chi connectivity index (χ1n) is 11.2. The third-order valence-electron chi connectivity index (χ3n) is 4.79. The predicted molar refractivity (Wildman–Crippen MR) is 126 cm³/mol. The second kappa shape index (κ2) is 16.8. The minimum atomic E-state index is -1.71. The summed E-state index contributed by atoms with van der Waals surface area (Å²) >= 11 is 0. The van der Waals surface area contributed by atoms with Gasteiger partial charge in [-0.3, -0.25) is 38.4 Å². The van der Waals surface area contributed by atoms with Crippen molar-refractivity contribution in [1.82, 2.24) is 21.3 Å². The van der Waals surface area contributed by atoms with Crippen LogP contribution in [-0.2, 0) is 43.2 Å². The van der Waals surface area contributed by atoms with Gasteiger partial charge in [0.25, 0.3) is 0 Å². The predicted octanol–water partition coefficient (Wildman–Crippen LogP) is -5.55. The first kappa shape index (κ1) is 34.2. The standard InChI is InChI=1S/C20H31N7O12/c21-8(1-3-12(22)28)17(35)27-11(6-16(33)34)18(36)24-7-14(30)25-10(5-13(23)29)19(37)26-9(20(38)39)2-4-15(31)32/h8-11H,1-7,21H2,(H2,22,28)(H2,23,29)(H,24,36)(H,25,30)(H,26,37)(H,27,35)(H,31,32)(H,33,34)(H,38,39)/t8-,9-,10-,11-/m0/s1. The molecule has 19 nitrogen and oxygen atoms in total. The van der Waals surface area contributed by atoms with Crippen LogP contribution in [0.25, 0.3) is 0 Å². The van der Waals surface area contributed by atoms with Crippen LogP contribution in [0.3, 0.4) is 0 Å². The number of aliphatic carboxylic acids is 3. The summed E-state index contributed by atoms with van der Waals surface area (Å²) in [5, 5.41) is 35.0. The lowest BCUT2D eigenvalue weighted by molar-refractivity contribution is -0.143. The average molecular weight is 562 g/mol. The lowest BCUT2D eigenvalue weighted by atomic mass is 10.1. The van der Waals surface area contributed by atoms with Gasteiger partial charge in [0.1, 0.15) is 18.1 Å². The van der Waals surface area contributed by atoms with E-state index >= 15 is 0 Å². The van der Waals surface area contributed by atoms with Gasteiger partial charge >= 0.3 is 17.9 Å². The van der Waals surface area contributed by atoms with Gasteiger partial charge in [-0.1, -0.05) is 0 Å². The lowest BCUT2D eigenvalue weighted by Gasteiger charge is -2.21. The molecule has 4 atom stereocenters.